The SMILES string of the molecule is N/C(=N/O)c1ccc(Sc2ccncn2)cc1Br. The predicted molar refractivity (Wildman–Crippen MR) is 72.8 cm³/mol. The molecule has 0 amide bonds. The molecule has 0 fully saturated rings. The minimum Gasteiger partial charge on any atom is -0.409 e. The fourth-order valence-electron chi connectivity index (χ4n) is 1.28. The molecular formula is C11H9BrN4OS. The number of oxime groups is 1. The van der Waals surface area contributed by atoms with Crippen LogP contribution in [0.1, 0.15) is 5.56 Å². The van der Waals surface area contributed by atoms with Gasteiger partial charge in [0.2, 0.25) is 0 Å². The lowest BCUT2D eigenvalue weighted by Crippen LogP contribution is -2.13. The van der Waals surface area contributed by atoms with Crippen LogP contribution >= 0.6 is 27.7 Å². The van der Waals surface area contributed by atoms with Gasteiger partial charge in [-0.15, -0.1) is 0 Å². The van der Waals surface area contributed by atoms with E-state index >= 15 is 0 Å². The van der Waals surface area contributed by atoms with Gasteiger partial charge in [0.05, 0.1) is 0 Å². The van der Waals surface area contributed by atoms with E-state index in [0.29, 0.717) is 5.56 Å². The molecular weight excluding hydrogens is 316 g/mol. The van der Waals surface area contributed by atoms with Crippen LogP contribution in [0.5, 0.6) is 0 Å². The smallest absolute Gasteiger partial charge is 0.171 e. The normalized spacial score (nSPS) is 11.5. The van der Waals surface area contributed by atoms with E-state index in [2.05, 4.69) is 31.1 Å². The molecule has 0 atom stereocenters. The summed E-state index contributed by atoms with van der Waals surface area (Å²) >= 11 is 4.89. The maximum Gasteiger partial charge on any atom is 0.171 e. The summed E-state index contributed by atoms with van der Waals surface area (Å²) in [6, 6.07) is 7.38. The highest BCUT2D eigenvalue weighted by molar-refractivity contribution is 9.10. The van der Waals surface area contributed by atoms with E-state index in [1.54, 1.807) is 12.3 Å². The average molecular weight is 325 g/mol. The van der Waals surface area contributed by atoms with Gasteiger partial charge in [0.1, 0.15) is 11.4 Å². The molecule has 0 aliphatic heterocycles. The average Bonchev–Trinajstić information content (AvgIpc) is 2.39. The highest BCUT2D eigenvalue weighted by atomic mass is 79.9. The zero-order chi connectivity index (χ0) is 13.0. The van der Waals surface area contributed by atoms with Crippen molar-refractivity contribution in [1.29, 1.82) is 0 Å². The van der Waals surface area contributed by atoms with Crippen LogP contribution in [0.15, 0.2) is 56.3 Å². The fourth-order valence-corrected chi connectivity index (χ4v) is 2.80. The molecule has 7 heteroatoms. The number of hydrogen-bond donors (Lipinski definition) is 2. The topological polar surface area (TPSA) is 84.4 Å². The highest BCUT2D eigenvalue weighted by Crippen LogP contribution is 2.29. The van der Waals surface area contributed by atoms with Crippen molar-refractivity contribution < 1.29 is 5.21 Å². The number of halogens is 1. The second-order valence-corrected chi connectivity index (χ2v) is 5.22. The van der Waals surface area contributed by atoms with Gasteiger partial charge in [0.25, 0.3) is 0 Å². The van der Waals surface area contributed by atoms with E-state index in [1.807, 2.05) is 18.2 Å². The van der Waals surface area contributed by atoms with E-state index in [1.165, 1.54) is 18.1 Å². The Morgan fingerprint density at radius 2 is 2.22 bits per heavy atom. The minimum absolute atomic E-state index is 0.0699. The third kappa shape index (κ3) is 2.99. The summed E-state index contributed by atoms with van der Waals surface area (Å²) in [5, 5.41) is 12.5. The molecule has 0 aliphatic carbocycles. The van der Waals surface area contributed by atoms with Crippen molar-refractivity contribution in [3.05, 3.63) is 46.8 Å². The zero-order valence-corrected chi connectivity index (χ0v) is 11.5. The molecule has 0 saturated carbocycles. The van der Waals surface area contributed by atoms with E-state index < -0.39 is 0 Å². The van der Waals surface area contributed by atoms with Crippen molar-refractivity contribution in [2.45, 2.75) is 9.92 Å². The molecule has 2 aromatic rings. The Kier molecular flexibility index (Phi) is 4.16. The van der Waals surface area contributed by atoms with E-state index in [-0.39, 0.29) is 5.84 Å². The lowest BCUT2D eigenvalue weighted by Gasteiger charge is -2.05. The van der Waals surface area contributed by atoms with E-state index in [4.69, 9.17) is 10.9 Å². The van der Waals surface area contributed by atoms with Crippen LogP contribution in [-0.4, -0.2) is 21.0 Å². The Morgan fingerprint density at radius 1 is 1.39 bits per heavy atom. The third-order valence-corrected chi connectivity index (χ3v) is 3.70. The van der Waals surface area contributed by atoms with Gasteiger partial charge in [-0.2, -0.15) is 0 Å². The van der Waals surface area contributed by atoms with Gasteiger partial charge in [-0.1, -0.05) is 16.9 Å². The van der Waals surface area contributed by atoms with Crippen LogP contribution in [0, 0.1) is 0 Å². The molecule has 2 rings (SSSR count). The van der Waals surface area contributed by atoms with Gasteiger partial charge in [-0.05, 0) is 40.2 Å². The molecule has 0 bridgehead atoms. The first kappa shape index (κ1) is 12.8. The second kappa shape index (κ2) is 5.83. The largest absolute Gasteiger partial charge is 0.409 e. The van der Waals surface area contributed by atoms with Gasteiger partial charge < -0.3 is 10.9 Å². The van der Waals surface area contributed by atoms with Gasteiger partial charge >= 0.3 is 0 Å². The van der Waals surface area contributed by atoms with Gasteiger partial charge in [-0.25, -0.2) is 9.97 Å². The molecule has 0 aliphatic rings. The van der Waals surface area contributed by atoms with Gasteiger partial charge in [0, 0.05) is 21.1 Å². The molecule has 92 valence electrons. The summed E-state index contributed by atoms with van der Waals surface area (Å²) in [6.45, 7) is 0. The maximum absolute atomic E-state index is 8.64. The highest BCUT2D eigenvalue weighted by Gasteiger charge is 2.07. The van der Waals surface area contributed by atoms with Crippen molar-refractivity contribution in [3.8, 4) is 0 Å². The fraction of sp³-hybridized carbons (Fsp3) is 0. The predicted octanol–water partition coefficient (Wildman–Crippen LogP) is 2.48. The molecule has 3 N–H and O–H groups in total. The van der Waals surface area contributed by atoms with Gasteiger partial charge in [0.15, 0.2) is 5.84 Å². The first-order valence-electron chi connectivity index (χ1n) is 4.92. The molecule has 1 aromatic heterocycles. The van der Waals surface area contributed by atoms with Crippen molar-refractivity contribution in [2.75, 3.05) is 0 Å². The molecule has 0 saturated heterocycles. The summed E-state index contributed by atoms with van der Waals surface area (Å²) in [6.07, 6.45) is 3.19. The zero-order valence-electron chi connectivity index (χ0n) is 9.12. The van der Waals surface area contributed by atoms with Crippen molar-refractivity contribution in [2.24, 2.45) is 10.9 Å². The Bertz CT molecular complexity index is 577. The summed E-state index contributed by atoms with van der Waals surface area (Å²) in [5.41, 5.74) is 6.18. The summed E-state index contributed by atoms with van der Waals surface area (Å²) in [7, 11) is 0. The monoisotopic (exact) mass is 324 g/mol. The number of nitrogens with two attached hydrogens (primary N) is 1. The van der Waals surface area contributed by atoms with Crippen LogP contribution < -0.4 is 5.73 Å². The second-order valence-electron chi connectivity index (χ2n) is 3.28. The number of amidine groups is 1. The molecule has 1 heterocycles. The Hall–Kier alpha value is -1.60. The maximum atomic E-state index is 8.64. The Labute approximate surface area is 116 Å². The van der Waals surface area contributed by atoms with Crippen LogP contribution in [0.2, 0.25) is 0 Å². The Balaban J connectivity index is 2.25. The summed E-state index contributed by atoms with van der Waals surface area (Å²) < 4.78 is 0.761. The third-order valence-electron chi connectivity index (χ3n) is 2.10. The minimum atomic E-state index is 0.0699. The van der Waals surface area contributed by atoms with Crippen molar-refractivity contribution in [1.82, 2.24) is 9.97 Å². The van der Waals surface area contributed by atoms with Crippen molar-refractivity contribution in [3.63, 3.8) is 0 Å². The summed E-state index contributed by atoms with van der Waals surface area (Å²) in [4.78, 5) is 8.98. The molecule has 1 aromatic carbocycles. The molecule has 0 unspecified atom stereocenters. The number of rotatable bonds is 3. The summed E-state index contributed by atoms with van der Waals surface area (Å²) in [5.74, 6) is 0.0699. The lowest BCUT2D eigenvalue weighted by molar-refractivity contribution is 0.318. The van der Waals surface area contributed by atoms with E-state index in [9.17, 15) is 0 Å². The van der Waals surface area contributed by atoms with Gasteiger partial charge in [-0.3, -0.25) is 0 Å². The van der Waals surface area contributed by atoms with Crippen LogP contribution in [-0.2, 0) is 0 Å². The number of hydrogen-bond acceptors (Lipinski definition) is 5. The lowest BCUT2D eigenvalue weighted by atomic mass is 10.2. The number of benzene rings is 1. The van der Waals surface area contributed by atoms with Crippen LogP contribution in [0.25, 0.3) is 0 Å². The molecule has 18 heavy (non-hydrogen) atoms. The number of nitrogens with zero attached hydrogens (tertiary/aromatic N) is 3. The molecule has 5 nitrogen and oxygen atoms in total. The number of aromatic nitrogens is 2. The molecule has 0 radical (unpaired) electrons. The molecule has 0 spiro atoms. The quantitative estimate of drug-likeness (QED) is 0.298. The van der Waals surface area contributed by atoms with Crippen molar-refractivity contribution >= 4 is 33.5 Å². The standard InChI is InChI=1S/C11H9BrN4OS/c12-9-5-7(1-2-8(9)11(13)16-17)18-10-3-4-14-6-15-10/h1-6,17H,(H2,13,16). The van der Waals surface area contributed by atoms with E-state index in [0.717, 1.165) is 14.4 Å². The Morgan fingerprint density at radius 3 is 2.83 bits per heavy atom. The first-order chi connectivity index (χ1) is 8.70. The van der Waals surface area contributed by atoms with Crippen LogP contribution in [0.3, 0.4) is 0 Å². The van der Waals surface area contributed by atoms with Crippen LogP contribution in [0.4, 0.5) is 0 Å². The first-order valence-corrected chi connectivity index (χ1v) is 6.53.